The minimum Gasteiger partial charge on any atom is -0.381 e. The third kappa shape index (κ3) is 2.99. The minimum absolute atomic E-state index is 0.783. The number of hydrogen-bond donors (Lipinski definition) is 1. The van der Waals surface area contributed by atoms with Gasteiger partial charge in [-0.15, -0.1) is 0 Å². The van der Waals surface area contributed by atoms with Gasteiger partial charge in [0.05, 0.1) is 16.9 Å². The molecule has 0 aliphatic heterocycles. The van der Waals surface area contributed by atoms with Crippen LogP contribution in [0.2, 0.25) is 0 Å². The second-order valence-electron chi connectivity index (χ2n) is 5.83. The molecule has 4 aromatic rings. The molecule has 0 saturated heterocycles. The first-order chi connectivity index (χ1) is 11.8. The molecule has 0 fully saturated rings. The molecule has 0 aliphatic rings. The molecule has 24 heavy (non-hydrogen) atoms. The maximum Gasteiger partial charge on any atom is 0.0702 e. The molecule has 4 rings (SSSR count). The number of anilines is 1. The molecule has 4 heteroatoms. The smallest absolute Gasteiger partial charge is 0.0702 e. The summed E-state index contributed by atoms with van der Waals surface area (Å²) in [5.41, 5.74) is 5.43. The van der Waals surface area contributed by atoms with Gasteiger partial charge < -0.3 is 5.32 Å². The van der Waals surface area contributed by atoms with Gasteiger partial charge in [0, 0.05) is 30.0 Å². The number of nitrogens with zero attached hydrogens (tertiary/aromatic N) is 3. The van der Waals surface area contributed by atoms with Gasteiger partial charge in [0.2, 0.25) is 0 Å². The van der Waals surface area contributed by atoms with Crippen LogP contribution < -0.4 is 5.32 Å². The summed E-state index contributed by atoms with van der Waals surface area (Å²) in [5, 5.41) is 9.05. The fourth-order valence-electron chi connectivity index (χ4n) is 2.73. The van der Waals surface area contributed by atoms with Crippen LogP contribution in [0.15, 0.2) is 73.1 Å². The second-order valence-corrected chi connectivity index (χ2v) is 5.83. The number of aromatic nitrogens is 3. The topological polar surface area (TPSA) is 42.7 Å². The van der Waals surface area contributed by atoms with Crippen LogP contribution in [-0.4, -0.2) is 14.8 Å². The summed E-state index contributed by atoms with van der Waals surface area (Å²) in [6, 6.07) is 20.7. The average Bonchev–Trinajstić information content (AvgIpc) is 3.07. The van der Waals surface area contributed by atoms with E-state index >= 15 is 0 Å². The van der Waals surface area contributed by atoms with E-state index in [1.807, 2.05) is 36.1 Å². The molecule has 0 spiro atoms. The fourth-order valence-corrected chi connectivity index (χ4v) is 2.73. The van der Waals surface area contributed by atoms with Crippen molar-refractivity contribution in [2.75, 3.05) is 5.32 Å². The molecule has 0 atom stereocenters. The van der Waals surface area contributed by atoms with E-state index in [4.69, 9.17) is 0 Å². The van der Waals surface area contributed by atoms with Gasteiger partial charge in [-0.1, -0.05) is 12.1 Å². The molecule has 2 aromatic carbocycles. The Labute approximate surface area is 140 Å². The van der Waals surface area contributed by atoms with E-state index in [0.717, 1.165) is 29.1 Å². The summed E-state index contributed by atoms with van der Waals surface area (Å²) in [7, 11) is 0. The van der Waals surface area contributed by atoms with Crippen molar-refractivity contribution in [3.8, 4) is 5.69 Å². The first kappa shape index (κ1) is 14.5. The van der Waals surface area contributed by atoms with Crippen LogP contribution in [0.25, 0.3) is 16.6 Å². The van der Waals surface area contributed by atoms with Crippen LogP contribution in [0.3, 0.4) is 0 Å². The molecular weight excluding hydrogens is 296 g/mol. The Kier molecular flexibility index (Phi) is 3.71. The number of aryl methyl sites for hydroxylation is 1. The second kappa shape index (κ2) is 6.16. The van der Waals surface area contributed by atoms with Gasteiger partial charge in [-0.25, -0.2) is 4.68 Å². The summed E-state index contributed by atoms with van der Waals surface area (Å²) in [6.45, 7) is 2.77. The lowest BCUT2D eigenvalue weighted by Gasteiger charge is -2.09. The Morgan fingerprint density at radius 1 is 1.00 bits per heavy atom. The molecular formula is C20H18N4. The quantitative estimate of drug-likeness (QED) is 0.609. The highest BCUT2D eigenvalue weighted by atomic mass is 15.3. The van der Waals surface area contributed by atoms with E-state index < -0.39 is 0 Å². The van der Waals surface area contributed by atoms with Crippen LogP contribution in [0, 0.1) is 6.92 Å². The van der Waals surface area contributed by atoms with E-state index in [1.165, 1.54) is 10.9 Å². The molecule has 0 amide bonds. The number of hydrogen-bond acceptors (Lipinski definition) is 3. The van der Waals surface area contributed by atoms with Crippen LogP contribution in [0.4, 0.5) is 5.69 Å². The predicted octanol–water partition coefficient (Wildman–Crippen LogP) is 4.34. The van der Waals surface area contributed by atoms with Gasteiger partial charge in [-0.3, -0.25) is 4.98 Å². The number of benzene rings is 2. The summed E-state index contributed by atoms with van der Waals surface area (Å²) in [4.78, 5) is 4.35. The molecule has 4 nitrogen and oxygen atoms in total. The zero-order chi connectivity index (χ0) is 16.4. The van der Waals surface area contributed by atoms with Crippen LogP contribution >= 0.6 is 0 Å². The van der Waals surface area contributed by atoms with E-state index in [9.17, 15) is 0 Å². The lowest BCUT2D eigenvalue weighted by molar-refractivity contribution is 0.862. The SMILES string of the molecule is Cc1ccn(-c2ccc(NCc3ccc4ncccc4c3)cc2)n1. The molecule has 2 aromatic heterocycles. The maximum atomic E-state index is 4.42. The van der Waals surface area contributed by atoms with Crippen molar-refractivity contribution in [1.29, 1.82) is 0 Å². The van der Waals surface area contributed by atoms with E-state index in [2.05, 4.69) is 63.9 Å². The highest BCUT2D eigenvalue weighted by Crippen LogP contribution is 2.17. The van der Waals surface area contributed by atoms with Crippen LogP contribution in [-0.2, 0) is 6.54 Å². The standard InChI is InChI=1S/C20H18N4/c1-15-10-12-24(23-15)19-7-5-18(6-8-19)22-14-16-4-9-20-17(13-16)3-2-11-21-20/h2-13,22H,14H2,1H3. The zero-order valence-corrected chi connectivity index (χ0v) is 13.5. The van der Waals surface area contributed by atoms with Gasteiger partial charge in [-0.05, 0) is 61.0 Å². The van der Waals surface area contributed by atoms with Crippen molar-refractivity contribution in [3.05, 3.63) is 84.3 Å². The first-order valence-electron chi connectivity index (χ1n) is 7.98. The molecule has 118 valence electrons. The van der Waals surface area contributed by atoms with Crippen molar-refractivity contribution in [3.63, 3.8) is 0 Å². The Morgan fingerprint density at radius 2 is 1.88 bits per heavy atom. The molecule has 0 saturated carbocycles. The average molecular weight is 314 g/mol. The lowest BCUT2D eigenvalue weighted by atomic mass is 10.1. The predicted molar refractivity (Wildman–Crippen MR) is 97.4 cm³/mol. The van der Waals surface area contributed by atoms with Gasteiger partial charge >= 0.3 is 0 Å². The van der Waals surface area contributed by atoms with Crippen molar-refractivity contribution in [2.24, 2.45) is 0 Å². The summed E-state index contributed by atoms with van der Waals surface area (Å²) >= 11 is 0. The molecule has 2 heterocycles. The van der Waals surface area contributed by atoms with Gasteiger partial charge in [-0.2, -0.15) is 5.10 Å². The minimum atomic E-state index is 0.783. The zero-order valence-electron chi connectivity index (χ0n) is 13.5. The van der Waals surface area contributed by atoms with Gasteiger partial charge in [0.1, 0.15) is 0 Å². The number of nitrogens with one attached hydrogen (secondary N) is 1. The van der Waals surface area contributed by atoms with E-state index in [1.54, 1.807) is 0 Å². The Bertz CT molecular complexity index is 970. The highest BCUT2D eigenvalue weighted by molar-refractivity contribution is 5.79. The van der Waals surface area contributed by atoms with E-state index in [-0.39, 0.29) is 0 Å². The lowest BCUT2D eigenvalue weighted by Crippen LogP contribution is -2.00. The third-order valence-corrected chi connectivity index (χ3v) is 4.02. The third-order valence-electron chi connectivity index (χ3n) is 4.02. The fraction of sp³-hybridized carbons (Fsp3) is 0.100. The Balaban J connectivity index is 1.46. The monoisotopic (exact) mass is 314 g/mol. The van der Waals surface area contributed by atoms with Gasteiger partial charge in [0.15, 0.2) is 0 Å². The molecule has 0 aliphatic carbocycles. The Hall–Kier alpha value is -3.14. The molecule has 0 bridgehead atoms. The van der Waals surface area contributed by atoms with Crippen molar-refractivity contribution in [1.82, 2.24) is 14.8 Å². The molecule has 0 radical (unpaired) electrons. The first-order valence-corrected chi connectivity index (χ1v) is 7.98. The normalized spacial score (nSPS) is 10.9. The van der Waals surface area contributed by atoms with Crippen LogP contribution in [0.5, 0.6) is 0 Å². The van der Waals surface area contributed by atoms with Crippen LogP contribution in [0.1, 0.15) is 11.3 Å². The molecule has 0 unspecified atom stereocenters. The van der Waals surface area contributed by atoms with Crippen molar-refractivity contribution < 1.29 is 0 Å². The maximum absolute atomic E-state index is 4.42. The molecule has 1 N–H and O–H groups in total. The van der Waals surface area contributed by atoms with Gasteiger partial charge in [0.25, 0.3) is 0 Å². The number of pyridine rings is 1. The largest absolute Gasteiger partial charge is 0.381 e. The number of rotatable bonds is 4. The summed E-state index contributed by atoms with van der Waals surface area (Å²) in [5.74, 6) is 0. The summed E-state index contributed by atoms with van der Waals surface area (Å²) in [6.07, 6.45) is 3.80. The van der Waals surface area contributed by atoms with Crippen molar-refractivity contribution >= 4 is 16.6 Å². The Morgan fingerprint density at radius 3 is 2.67 bits per heavy atom. The van der Waals surface area contributed by atoms with Crippen molar-refractivity contribution in [2.45, 2.75) is 13.5 Å². The highest BCUT2D eigenvalue weighted by Gasteiger charge is 2.00. The van der Waals surface area contributed by atoms with E-state index in [0.29, 0.717) is 0 Å². The summed E-state index contributed by atoms with van der Waals surface area (Å²) < 4.78 is 1.88. The number of fused-ring (bicyclic) bond motifs is 1.